The molecule has 4 aromatic rings. The minimum atomic E-state index is -3.79. The van der Waals surface area contributed by atoms with Crippen LogP contribution in [-0.4, -0.2) is 100 Å². The van der Waals surface area contributed by atoms with E-state index in [1.807, 2.05) is 30.3 Å². The molecule has 142 heavy (non-hydrogen) atoms. The molecule has 4 aromatic carbocycles. The number of methoxy groups -OCH3 is 3. The normalized spacial score (nSPS) is 21.5. The van der Waals surface area contributed by atoms with Gasteiger partial charge in [0.15, 0.2) is 28.9 Å². The van der Waals surface area contributed by atoms with E-state index in [0.717, 1.165) is 201 Å². The number of carbonyl (C=O) groups excluding carboxylic acids is 9. The summed E-state index contributed by atoms with van der Waals surface area (Å²) in [6.45, 7) is 2.78. The predicted octanol–water partition coefficient (Wildman–Crippen LogP) is 28.4. The Balaban J connectivity index is 0.000000211. The average molecular weight is 1990 g/mol. The fourth-order valence-electron chi connectivity index (χ4n) is 22.1. The number of esters is 2. The van der Waals surface area contributed by atoms with Crippen molar-refractivity contribution in [1.82, 2.24) is 0 Å². The molecule has 2 saturated carbocycles. The third-order valence-corrected chi connectivity index (χ3v) is 29.8. The molecule has 0 aliphatic heterocycles. The number of phenols is 1. The summed E-state index contributed by atoms with van der Waals surface area (Å²) in [7, 11) is 5.28. The van der Waals surface area contributed by atoms with Crippen LogP contribution in [-0.2, 0) is 107 Å². The third-order valence-electron chi connectivity index (χ3n) is 29.8. The van der Waals surface area contributed by atoms with Crippen LogP contribution in [0, 0.1) is 0 Å². The Hall–Kier alpha value is -10.0. The Morgan fingerprint density at radius 3 is 1.12 bits per heavy atom. The van der Waals surface area contributed by atoms with E-state index in [9.17, 15) is 53.4 Å². The van der Waals surface area contributed by atoms with Crippen molar-refractivity contribution < 1.29 is 108 Å². The van der Waals surface area contributed by atoms with Gasteiger partial charge in [0.2, 0.25) is 0 Å². The summed E-state index contributed by atoms with van der Waals surface area (Å²) in [6, 6.07) is 22.7. The van der Waals surface area contributed by atoms with E-state index in [1.165, 1.54) is 224 Å². The maximum atomic E-state index is 11.6. The molecule has 2 atom stereocenters. The molecule has 0 unspecified atom stereocenters. The van der Waals surface area contributed by atoms with Crippen molar-refractivity contribution >= 4 is 52.4 Å². The molecule has 18 aliphatic rings. The molecule has 2 fully saturated rings. The number of ketones is 7. The number of benzene rings is 4. The van der Waals surface area contributed by atoms with Crippen molar-refractivity contribution in [3.05, 3.63) is 232 Å². The van der Waals surface area contributed by atoms with E-state index in [1.54, 1.807) is 91.2 Å². The number of aromatic hydroxyl groups is 1. The van der Waals surface area contributed by atoms with E-state index < -0.39 is 25.2 Å². The van der Waals surface area contributed by atoms with Crippen LogP contribution in [0.4, 0.5) is 0 Å². The second kappa shape index (κ2) is 61.3. The number of hydrogen-bond acceptors (Lipinski definition) is 20. The molecule has 0 spiro atoms. The molecule has 0 aromatic heterocycles. The molecule has 21 heteroatoms. The van der Waals surface area contributed by atoms with Gasteiger partial charge in [-0.1, -0.05) is 105 Å². The van der Waals surface area contributed by atoms with Gasteiger partial charge in [-0.3, -0.25) is 43.2 Å². The van der Waals surface area contributed by atoms with Crippen LogP contribution in [0.3, 0.4) is 0 Å². The zero-order chi connectivity index (χ0) is 98.4. The van der Waals surface area contributed by atoms with Gasteiger partial charge in [-0.15, -0.1) is 0 Å². The van der Waals surface area contributed by atoms with Gasteiger partial charge in [0.05, 0.1) is 44.0 Å². The number of hydrogen-bond donors (Lipinski definition) is 3. The van der Waals surface area contributed by atoms with Gasteiger partial charge >= 0.3 is 37.3 Å². The molecule has 0 bridgehead atoms. The fourth-order valence-corrected chi connectivity index (χ4v) is 22.1. The molecular formula is C121H166CrO20. The summed E-state index contributed by atoms with van der Waals surface area (Å²) < 4.78 is 51.3. The SMILES string of the molecule is C.C.C.C.CC(=O)Oc1ccc2c(c1)C(=O)CCC2.CC(=O)Oc1ccc2c(c1)CCCC2.COC1=CCC2=C(CCCC2)C1.COC1=CCC2=C(CCCC2)C1.COc1ccc2c(c1)CCCC2.O=C1C=C2CCCC=C2CC1.O=C1C=C2CCCC[C@@]2(O)CC1.O=C1C=C2CCCC[C@@]2(O)CC1.O=C1CCC2=C(CCCC2)C1.O=C1CCC2=C(CCCC2)C1.O=C1CCCc2ccc(O)cc21.[O]=[Cr](=[O])=[O]. The van der Waals surface area contributed by atoms with Crippen LogP contribution in [0.2, 0.25) is 0 Å². The van der Waals surface area contributed by atoms with Crippen molar-refractivity contribution in [1.29, 1.82) is 0 Å². The maximum absolute atomic E-state index is 11.6. The predicted molar refractivity (Wildman–Crippen MR) is 557 cm³/mol. The van der Waals surface area contributed by atoms with E-state index in [2.05, 4.69) is 42.5 Å². The number of rotatable bonds is 5. The zero-order valence-electron chi connectivity index (χ0n) is 82.9. The Kier molecular flexibility index (Phi) is 51.3. The summed E-state index contributed by atoms with van der Waals surface area (Å²) in [4.78, 5) is 99.8. The van der Waals surface area contributed by atoms with Crippen molar-refractivity contribution in [2.24, 2.45) is 0 Å². The van der Waals surface area contributed by atoms with Gasteiger partial charge < -0.3 is 39.0 Å². The number of carbonyl (C=O) groups is 9. The molecule has 776 valence electrons. The van der Waals surface area contributed by atoms with E-state index in [-0.39, 0.29) is 70.5 Å². The van der Waals surface area contributed by atoms with Gasteiger partial charge in [-0.2, -0.15) is 0 Å². The molecule has 0 saturated heterocycles. The van der Waals surface area contributed by atoms with Crippen LogP contribution in [0.15, 0.2) is 188 Å². The molecule has 0 heterocycles. The van der Waals surface area contributed by atoms with E-state index in [4.69, 9.17) is 40.2 Å². The van der Waals surface area contributed by atoms with E-state index >= 15 is 0 Å². The van der Waals surface area contributed by atoms with Gasteiger partial charge in [0, 0.05) is 95.6 Å². The van der Waals surface area contributed by atoms with Crippen LogP contribution in [0.1, 0.15) is 425 Å². The van der Waals surface area contributed by atoms with Crippen LogP contribution in [0.5, 0.6) is 23.0 Å². The summed E-state index contributed by atoms with van der Waals surface area (Å²) >= 11 is -3.79. The molecule has 0 amide bonds. The Morgan fingerprint density at radius 1 is 0.310 bits per heavy atom. The first-order valence-electron chi connectivity index (χ1n) is 51.7. The number of ether oxygens (including phenoxy) is 5. The topological polar surface area (TPSA) is 312 Å². The second-order valence-electron chi connectivity index (χ2n) is 39.7. The van der Waals surface area contributed by atoms with Crippen LogP contribution >= 0.6 is 0 Å². The number of fused-ring (bicyclic) bond motifs is 7. The number of Topliss-reactive ketones (excluding diaryl/α,β-unsaturated/α-hetero) is 4. The fraction of sp³-hybridized carbons (Fsp3) is 0.562. The minimum absolute atomic E-state index is 0. The Morgan fingerprint density at radius 2 is 0.676 bits per heavy atom. The Bertz CT molecular complexity index is 5320. The quantitative estimate of drug-likeness (QED) is 0.0949. The van der Waals surface area contributed by atoms with Gasteiger partial charge in [-0.05, 0) is 430 Å². The van der Waals surface area contributed by atoms with Crippen LogP contribution < -0.4 is 14.2 Å². The van der Waals surface area contributed by atoms with Gasteiger partial charge in [0.1, 0.15) is 34.6 Å². The first kappa shape index (κ1) is 119. The second-order valence-corrected chi connectivity index (χ2v) is 40.3. The number of aliphatic hydroxyl groups is 2. The summed E-state index contributed by atoms with van der Waals surface area (Å²) in [5.41, 5.74) is 25.8. The molecule has 3 N–H and O–H groups in total. The summed E-state index contributed by atoms with van der Waals surface area (Å²) in [5.74, 6) is 5.99. The Labute approximate surface area is 851 Å². The molecular weight excluding hydrogens is 1830 g/mol. The van der Waals surface area contributed by atoms with Gasteiger partial charge in [0.25, 0.3) is 0 Å². The first-order chi connectivity index (χ1) is 66.6. The molecule has 20 nitrogen and oxygen atoms in total. The zero-order valence-corrected chi connectivity index (χ0v) is 84.2. The van der Waals surface area contributed by atoms with Crippen molar-refractivity contribution in [2.75, 3.05) is 21.3 Å². The van der Waals surface area contributed by atoms with Crippen molar-refractivity contribution in [3.63, 3.8) is 0 Å². The monoisotopic (exact) mass is 1990 g/mol. The van der Waals surface area contributed by atoms with Gasteiger partial charge in [-0.25, -0.2) is 0 Å². The molecule has 18 aliphatic carbocycles. The van der Waals surface area contributed by atoms with Crippen molar-refractivity contribution in [2.45, 2.75) is 421 Å². The average Bonchev–Trinajstić information content (AvgIpc) is 0.799. The standard InChI is InChI=1S/C12H12O3.C12H14O2.2C11H16O.C11H14O.C10H10O2.2C10H14O2.2C10H14O.C10H12O.4CH4.Cr.3O/c1-8(13)15-10-6-5-9-3-2-4-12(14)11(9)7-10;1-9(13)14-12-7-6-10-4-2-3-5-11(10)8-12;3*1-12-11-7-6-9-4-2-3-5-10(9)8-11;11-8-5-4-7-2-1-3-10(12)9(7)6-8;2*11-9-4-6-10(12)5-2-1-3-8(10)7-9;3*11-10-6-5-8-3-1-2-4-9(8)7-10;;;;;;;;/h5-7H,2-4H2,1H3;6-8H,2-5H2,1H3;2*7H,2-6,8H2,1H3;6-8H,2-5H2,1H3;4-6,11H,1-3H2;2*7,12H,1-6H2;2*1-7H2;3,7H,1-2,4-6H2;4*1H4;;;;/t;;;;;;2*10-;;;;;;;;;;;/m......11.........../s1. The molecule has 0 radical (unpaired) electrons. The number of phenolic OH excluding ortho intramolecular Hbond substituents is 1. The molecule has 22 rings (SSSR count). The summed E-state index contributed by atoms with van der Waals surface area (Å²) in [5, 5.41) is 29.3. The third kappa shape index (κ3) is 38.2. The number of aryl methyl sites for hydroxylation is 6. The van der Waals surface area contributed by atoms with E-state index in [0.29, 0.717) is 78.5 Å². The first-order valence-corrected chi connectivity index (χ1v) is 53.2. The van der Waals surface area contributed by atoms with Crippen molar-refractivity contribution in [3.8, 4) is 23.0 Å². The number of allylic oxidation sites excluding steroid dienone is 16. The van der Waals surface area contributed by atoms with Crippen LogP contribution in [0.25, 0.3) is 0 Å². The summed E-state index contributed by atoms with van der Waals surface area (Å²) in [6.07, 6.45) is 73.5.